The normalized spacial score (nSPS) is 20.8. The van der Waals surface area contributed by atoms with Crippen LogP contribution in [0.4, 0.5) is 0 Å². The van der Waals surface area contributed by atoms with Crippen molar-refractivity contribution in [3.63, 3.8) is 0 Å². The van der Waals surface area contributed by atoms with E-state index in [1.165, 1.54) is 19.4 Å². The molecular formula is C28H32Cl2N2O6S. The molecule has 0 bridgehead atoms. The Hall–Kier alpha value is -2.85. The van der Waals surface area contributed by atoms with Crippen LogP contribution in [0.2, 0.25) is 5.02 Å². The van der Waals surface area contributed by atoms with Gasteiger partial charge in [-0.05, 0) is 45.1 Å². The Labute approximate surface area is 243 Å². The second kappa shape index (κ2) is 13.0. The molecule has 5 atom stereocenters. The molecule has 2 N–H and O–H groups in total. The fourth-order valence-electron chi connectivity index (χ4n) is 4.62. The summed E-state index contributed by atoms with van der Waals surface area (Å²) in [7, 11) is 4.58. The van der Waals surface area contributed by atoms with E-state index in [4.69, 9.17) is 54.4 Å². The maximum atomic E-state index is 13.3. The molecule has 3 unspecified atom stereocenters. The van der Waals surface area contributed by atoms with Crippen molar-refractivity contribution in [1.82, 2.24) is 10.3 Å². The fraction of sp³-hybridized carbons (Fsp3) is 0.393. The van der Waals surface area contributed by atoms with Crippen molar-refractivity contribution in [2.24, 2.45) is 5.92 Å². The number of hydrogen-bond donors (Lipinski definition) is 2. The molecule has 1 aliphatic rings. The Bertz CT molecular complexity index is 1290. The molecule has 0 amide bonds. The zero-order chi connectivity index (χ0) is 28.9. The van der Waals surface area contributed by atoms with E-state index in [0.29, 0.717) is 15.8 Å². The molecule has 0 saturated heterocycles. The number of carbonyl (C=O) groups excluding carboxylic acids is 1. The number of allylic oxidation sites excluding steroid dienone is 2. The van der Waals surface area contributed by atoms with Gasteiger partial charge in [-0.3, -0.25) is 0 Å². The van der Waals surface area contributed by atoms with Gasteiger partial charge in [0, 0.05) is 46.8 Å². The number of nitrogens with zero attached hydrogens (tertiary/aromatic N) is 1. The van der Waals surface area contributed by atoms with Gasteiger partial charge in [-0.1, -0.05) is 47.6 Å². The van der Waals surface area contributed by atoms with E-state index >= 15 is 0 Å². The molecule has 0 aliphatic heterocycles. The van der Waals surface area contributed by atoms with Crippen molar-refractivity contribution >= 4 is 46.4 Å². The molecule has 0 radical (unpaired) electrons. The third-order valence-corrected chi connectivity index (χ3v) is 7.54. The Balaban J connectivity index is 1.89. The number of methoxy groups -OCH3 is 3. The van der Waals surface area contributed by atoms with Crippen LogP contribution in [0.3, 0.4) is 0 Å². The number of pyridine rings is 1. The van der Waals surface area contributed by atoms with E-state index in [2.05, 4.69) is 10.3 Å². The van der Waals surface area contributed by atoms with Gasteiger partial charge in [-0.2, -0.15) is 0 Å². The molecular weight excluding hydrogens is 563 g/mol. The number of esters is 1. The molecule has 11 heteroatoms. The Morgan fingerprint density at radius 1 is 1.15 bits per heavy atom. The van der Waals surface area contributed by atoms with Gasteiger partial charge in [-0.25, -0.2) is 9.78 Å². The molecule has 2 aromatic rings. The van der Waals surface area contributed by atoms with Gasteiger partial charge >= 0.3 is 5.97 Å². The number of thiocarbonyl (C=S) groups is 1. The van der Waals surface area contributed by atoms with Crippen LogP contribution in [0.25, 0.3) is 0 Å². The summed E-state index contributed by atoms with van der Waals surface area (Å²) in [5.41, 5.74) is 0.0730. The van der Waals surface area contributed by atoms with Gasteiger partial charge in [-0.15, -0.1) is 0 Å². The topological polar surface area (TPSA) is 99.1 Å². The standard InChI is InChI=1S/C28H32Cl2N2O6S/c1-15(32-26(39)24-25(33)21(35-4)11-12-31-24)27(34)38-16(2)23(19-9-7-17(29)13-22(19)36-5)20-10-8-18(30)14-28(20,3)37-6/h7-16,20,23,33H,1-6H3,(H,32,39)/t15-,16-,20?,23?,28?/m0/s1. The van der Waals surface area contributed by atoms with Crippen LogP contribution in [-0.4, -0.2) is 60.1 Å². The SMILES string of the molecule is COc1cc(Cl)ccc1C(C1C=CC(Cl)=CC1(C)OC)[C@H](C)OC(=O)[C@H](C)NC(=S)c1nccc(OC)c1O. The van der Waals surface area contributed by atoms with Crippen molar-refractivity contribution in [3.05, 3.63) is 70.0 Å². The Kier molecular flexibility index (Phi) is 10.2. The molecule has 39 heavy (non-hydrogen) atoms. The highest BCUT2D eigenvalue weighted by molar-refractivity contribution is 7.80. The monoisotopic (exact) mass is 594 g/mol. The van der Waals surface area contributed by atoms with E-state index in [-0.39, 0.29) is 28.1 Å². The average molecular weight is 596 g/mol. The van der Waals surface area contributed by atoms with Crippen LogP contribution >= 0.6 is 35.4 Å². The molecule has 0 spiro atoms. The van der Waals surface area contributed by atoms with Crippen molar-refractivity contribution < 1.29 is 28.8 Å². The number of hydrogen-bond acceptors (Lipinski definition) is 8. The highest BCUT2D eigenvalue weighted by Crippen LogP contribution is 2.46. The number of nitrogens with one attached hydrogen (secondary N) is 1. The molecule has 3 rings (SSSR count). The van der Waals surface area contributed by atoms with E-state index < -0.39 is 29.6 Å². The first kappa shape index (κ1) is 30.7. The van der Waals surface area contributed by atoms with Crippen molar-refractivity contribution in [2.75, 3.05) is 21.3 Å². The van der Waals surface area contributed by atoms with E-state index in [9.17, 15) is 9.90 Å². The zero-order valence-corrected chi connectivity index (χ0v) is 24.9. The predicted molar refractivity (Wildman–Crippen MR) is 155 cm³/mol. The first-order valence-corrected chi connectivity index (χ1v) is 13.3. The fourth-order valence-corrected chi connectivity index (χ4v) is 5.40. The highest BCUT2D eigenvalue weighted by Gasteiger charge is 2.43. The van der Waals surface area contributed by atoms with Crippen LogP contribution in [0.1, 0.15) is 37.9 Å². The van der Waals surface area contributed by atoms with Crippen LogP contribution in [0.5, 0.6) is 17.2 Å². The zero-order valence-electron chi connectivity index (χ0n) is 22.5. The molecule has 1 aliphatic carbocycles. The molecule has 1 aromatic heterocycles. The Morgan fingerprint density at radius 2 is 1.85 bits per heavy atom. The summed E-state index contributed by atoms with van der Waals surface area (Å²) in [6, 6.07) is 5.98. The van der Waals surface area contributed by atoms with Crippen LogP contribution in [0, 0.1) is 5.92 Å². The minimum absolute atomic E-state index is 0.0707. The number of halogens is 2. The third kappa shape index (κ3) is 6.84. The molecule has 1 heterocycles. The van der Waals surface area contributed by atoms with Crippen molar-refractivity contribution in [3.8, 4) is 17.2 Å². The smallest absolute Gasteiger partial charge is 0.328 e. The lowest BCUT2D eigenvalue weighted by Crippen LogP contribution is -2.45. The number of carbonyl (C=O) groups is 1. The lowest BCUT2D eigenvalue weighted by molar-refractivity contribution is -0.152. The Morgan fingerprint density at radius 3 is 2.49 bits per heavy atom. The van der Waals surface area contributed by atoms with E-state index in [1.807, 2.05) is 25.1 Å². The number of rotatable bonds is 10. The molecule has 0 saturated carbocycles. The summed E-state index contributed by atoms with van der Waals surface area (Å²) in [6.45, 7) is 5.34. The summed E-state index contributed by atoms with van der Waals surface area (Å²) >= 11 is 18.0. The largest absolute Gasteiger partial charge is 0.503 e. The number of aromatic hydroxyl groups is 1. The maximum Gasteiger partial charge on any atom is 0.328 e. The van der Waals surface area contributed by atoms with Crippen molar-refractivity contribution in [1.29, 1.82) is 0 Å². The summed E-state index contributed by atoms with van der Waals surface area (Å²) in [5, 5.41) is 14.3. The minimum Gasteiger partial charge on any atom is -0.503 e. The third-order valence-electron chi connectivity index (χ3n) is 6.76. The number of benzene rings is 1. The predicted octanol–water partition coefficient (Wildman–Crippen LogP) is 5.54. The van der Waals surface area contributed by atoms with Gasteiger partial charge in [0.1, 0.15) is 28.6 Å². The van der Waals surface area contributed by atoms with Gasteiger partial charge in [0.15, 0.2) is 11.5 Å². The highest BCUT2D eigenvalue weighted by atomic mass is 35.5. The van der Waals surface area contributed by atoms with E-state index in [0.717, 1.165) is 5.56 Å². The number of aromatic nitrogens is 1. The van der Waals surface area contributed by atoms with Crippen LogP contribution in [0.15, 0.2) is 53.7 Å². The van der Waals surface area contributed by atoms with Crippen molar-refractivity contribution in [2.45, 2.75) is 44.4 Å². The van der Waals surface area contributed by atoms with Crippen LogP contribution < -0.4 is 14.8 Å². The summed E-state index contributed by atoms with van der Waals surface area (Å²) in [6.07, 6.45) is 6.38. The van der Waals surface area contributed by atoms with E-state index in [1.54, 1.807) is 46.3 Å². The second-order valence-corrected chi connectivity index (χ2v) is 10.5. The van der Waals surface area contributed by atoms with Gasteiger partial charge < -0.3 is 29.4 Å². The summed E-state index contributed by atoms with van der Waals surface area (Å²) in [4.78, 5) is 17.4. The first-order valence-electron chi connectivity index (χ1n) is 12.1. The van der Waals surface area contributed by atoms with Crippen LogP contribution in [-0.2, 0) is 14.3 Å². The van der Waals surface area contributed by atoms with Gasteiger partial charge in [0.2, 0.25) is 0 Å². The maximum absolute atomic E-state index is 13.3. The summed E-state index contributed by atoms with van der Waals surface area (Å²) in [5.74, 6) is -0.719. The molecule has 210 valence electrons. The molecule has 0 fully saturated rings. The first-order chi connectivity index (χ1) is 18.4. The molecule has 1 aromatic carbocycles. The minimum atomic E-state index is -0.856. The van der Waals surface area contributed by atoms with Gasteiger partial charge in [0.25, 0.3) is 0 Å². The second-order valence-electron chi connectivity index (χ2n) is 9.26. The lowest BCUT2D eigenvalue weighted by Gasteiger charge is -2.42. The average Bonchev–Trinajstić information content (AvgIpc) is 2.90. The van der Waals surface area contributed by atoms with Gasteiger partial charge in [0.05, 0.1) is 19.8 Å². The quantitative estimate of drug-likeness (QED) is 0.271. The lowest BCUT2D eigenvalue weighted by atomic mass is 9.71. The number of ether oxygens (including phenoxy) is 4. The summed E-state index contributed by atoms with van der Waals surface area (Å²) < 4.78 is 22.7. The molecule has 8 nitrogen and oxygen atoms in total.